The van der Waals surface area contributed by atoms with Gasteiger partial charge in [0.2, 0.25) is 5.43 Å². The van der Waals surface area contributed by atoms with Crippen LogP contribution in [0.2, 0.25) is 0 Å². The molecule has 0 fully saturated rings. The van der Waals surface area contributed by atoms with E-state index >= 15 is 0 Å². The Bertz CT molecular complexity index is 981. The number of nitrogens with one attached hydrogen (secondary N) is 2. The van der Waals surface area contributed by atoms with Crippen LogP contribution in [0.25, 0.3) is 10.9 Å². The second kappa shape index (κ2) is 7.39. The van der Waals surface area contributed by atoms with Gasteiger partial charge in [0.15, 0.2) is 0 Å². The van der Waals surface area contributed by atoms with Crippen LogP contribution in [0.5, 0.6) is 5.75 Å². The minimum atomic E-state index is -0.430. The van der Waals surface area contributed by atoms with Crippen LogP contribution in [0, 0.1) is 5.92 Å². The zero-order valence-electron chi connectivity index (χ0n) is 14.9. The Morgan fingerprint density at radius 3 is 2.69 bits per heavy atom. The van der Waals surface area contributed by atoms with Crippen molar-refractivity contribution in [3.8, 4) is 5.75 Å². The fourth-order valence-corrected chi connectivity index (χ4v) is 2.85. The number of amides is 1. The number of ether oxygens (including phenoxy) is 1. The van der Waals surface area contributed by atoms with Crippen molar-refractivity contribution >= 4 is 16.8 Å². The number of fused-ring (bicyclic) bond motifs is 1. The van der Waals surface area contributed by atoms with Gasteiger partial charge in [-0.05, 0) is 36.2 Å². The number of hydrogen-bond acceptors (Lipinski definition) is 4. The number of pyridine rings is 2. The van der Waals surface area contributed by atoms with E-state index in [-0.39, 0.29) is 23.0 Å². The fraction of sp³-hybridized carbons (Fsp3) is 0.250. The van der Waals surface area contributed by atoms with Gasteiger partial charge in [-0.25, -0.2) is 0 Å². The molecule has 2 aromatic heterocycles. The van der Waals surface area contributed by atoms with Crippen molar-refractivity contribution in [1.82, 2.24) is 15.3 Å². The van der Waals surface area contributed by atoms with Crippen LogP contribution in [-0.4, -0.2) is 23.0 Å². The minimum Gasteiger partial charge on any atom is -0.497 e. The molecule has 1 amide bonds. The van der Waals surface area contributed by atoms with Gasteiger partial charge in [0.25, 0.3) is 5.91 Å². The second-order valence-electron chi connectivity index (χ2n) is 6.39. The molecule has 0 bridgehead atoms. The largest absolute Gasteiger partial charge is 0.497 e. The molecule has 0 saturated carbocycles. The highest BCUT2D eigenvalue weighted by atomic mass is 16.5. The lowest BCUT2D eigenvalue weighted by molar-refractivity contribution is 0.0923. The predicted octanol–water partition coefficient (Wildman–Crippen LogP) is 3.06. The SMILES string of the molecule is COc1ccc2[nH]cc(C(=O)NC(c3ccccn3)C(C)C)c(=O)c2c1. The topological polar surface area (TPSA) is 84.1 Å². The van der Waals surface area contributed by atoms with E-state index in [1.54, 1.807) is 24.4 Å². The number of methoxy groups -OCH3 is 1. The number of rotatable bonds is 5. The van der Waals surface area contributed by atoms with Crippen LogP contribution in [-0.2, 0) is 0 Å². The summed E-state index contributed by atoms with van der Waals surface area (Å²) >= 11 is 0. The average Bonchev–Trinajstić information content (AvgIpc) is 2.66. The maximum absolute atomic E-state index is 12.8. The Morgan fingerprint density at radius 1 is 1.23 bits per heavy atom. The number of H-pyrrole nitrogens is 1. The van der Waals surface area contributed by atoms with Crippen molar-refractivity contribution < 1.29 is 9.53 Å². The smallest absolute Gasteiger partial charge is 0.257 e. The summed E-state index contributed by atoms with van der Waals surface area (Å²) in [5, 5.41) is 3.34. The summed E-state index contributed by atoms with van der Waals surface area (Å²) in [6, 6.07) is 10.4. The van der Waals surface area contributed by atoms with Crippen LogP contribution >= 0.6 is 0 Å². The third-order valence-corrected chi connectivity index (χ3v) is 4.29. The number of benzene rings is 1. The zero-order valence-corrected chi connectivity index (χ0v) is 14.9. The summed E-state index contributed by atoms with van der Waals surface area (Å²) in [7, 11) is 1.53. The van der Waals surface area contributed by atoms with E-state index in [2.05, 4.69) is 15.3 Å². The molecule has 1 aromatic carbocycles. The molecule has 1 atom stereocenters. The molecular weight excluding hydrogens is 330 g/mol. The van der Waals surface area contributed by atoms with Gasteiger partial charge in [-0.3, -0.25) is 14.6 Å². The van der Waals surface area contributed by atoms with Crippen LogP contribution in [0.15, 0.2) is 53.6 Å². The zero-order chi connectivity index (χ0) is 18.7. The maximum Gasteiger partial charge on any atom is 0.257 e. The monoisotopic (exact) mass is 351 g/mol. The van der Waals surface area contributed by atoms with Crippen LogP contribution in [0.1, 0.15) is 35.9 Å². The molecule has 6 nitrogen and oxygen atoms in total. The normalized spacial score (nSPS) is 12.2. The van der Waals surface area contributed by atoms with Gasteiger partial charge in [0, 0.05) is 23.3 Å². The molecule has 0 saturated heterocycles. The summed E-state index contributed by atoms with van der Waals surface area (Å²) in [4.78, 5) is 32.9. The Hall–Kier alpha value is -3.15. The molecule has 2 N–H and O–H groups in total. The molecular formula is C20H21N3O3. The van der Waals surface area contributed by atoms with E-state index in [0.717, 1.165) is 5.69 Å². The van der Waals surface area contributed by atoms with Crippen LogP contribution < -0.4 is 15.5 Å². The molecule has 3 rings (SSSR count). The number of carbonyl (C=O) groups excluding carboxylic acids is 1. The summed E-state index contributed by atoms with van der Waals surface area (Å²) in [5.41, 5.74) is 1.14. The Morgan fingerprint density at radius 2 is 2.04 bits per heavy atom. The van der Waals surface area contributed by atoms with Gasteiger partial charge < -0.3 is 15.0 Å². The third kappa shape index (κ3) is 3.44. The molecule has 3 aromatic rings. The van der Waals surface area contributed by atoms with Crippen molar-refractivity contribution in [2.24, 2.45) is 5.92 Å². The Balaban J connectivity index is 1.96. The van der Waals surface area contributed by atoms with Crippen LogP contribution in [0.3, 0.4) is 0 Å². The average molecular weight is 351 g/mol. The first-order chi connectivity index (χ1) is 12.5. The summed E-state index contributed by atoms with van der Waals surface area (Å²) in [6.07, 6.45) is 3.13. The summed E-state index contributed by atoms with van der Waals surface area (Å²) in [5.74, 6) is 0.253. The number of nitrogens with zero attached hydrogens (tertiary/aromatic N) is 1. The molecule has 0 aliphatic heterocycles. The summed E-state index contributed by atoms with van der Waals surface area (Å²) < 4.78 is 5.17. The molecule has 0 spiro atoms. The number of aromatic nitrogens is 2. The highest BCUT2D eigenvalue weighted by molar-refractivity contribution is 5.97. The number of aromatic amines is 1. The molecule has 0 aliphatic carbocycles. The highest BCUT2D eigenvalue weighted by Gasteiger charge is 2.22. The molecule has 0 radical (unpaired) electrons. The van der Waals surface area contributed by atoms with Gasteiger partial charge in [-0.2, -0.15) is 0 Å². The van der Waals surface area contributed by atoms with Crippen molar-refractivity contribution in [3.05, 3.63) is 70.3 Å². The van der Waals surface area contributed by atoms with Crippen molar-refractivity contribution in [2.45, 2.75) is 19.9 Å². The minimum absolute atomic E-state index is 0.0623. The van der Waals surface area contributed by atoms with E-state index in [9.17, 15) is 9.59 Å². The standard InChI is InChI=1S/C20H21N3O3/c1-12(2)18(17-6-4-5-9-21-17)23-20(25)15-11-22-16-8-7-13(26-3)10-14(16)19(15)24/h4-12,18H,1-3H3,(H,22,24)(H,23,25). The van der Waals surface area contributed by atoms with Gasteiger partial charge in [0.05, 0.1) is 18.8 Å². The lowest BCUT2D eigenvalue weighted by atomic mass is 9.99. The molecule has 1 unspecified atom stereocenters. The van der Waals surface area contributed by atoms with Crippen molar-refractivity contribution in [2.75, 3.05) is 7.11 Å². The first-order valence-corrected chi connectivity index (χ1v) is 8.42. The van der Waals surface area contributed by atoms with Gasteiger partial charge >= 0.3 is 0 Å². The summed E-state index contributed by atoms with van der Waals surface area (Å²) in [6.45, 7) is 3.99. The highest BCUT2D eigenvalue weighted by Crippen LogP contribution is 2.20. The lowest BCUT2D eigenvalue weighted by Crippen LogP contribution is -2.35. The predicted molar refractivity (Wildman–Crippen MR) is 100 cm³/mol. The second-order valence-corrected chi connectivity index (χ2v) is 6.39. The number of carbonyl (C=O) groups is 1. The van der Waals surface area contributed by atoms with E-state index in [0.29, 0.717) is 16.7 Å². The quantitative estimate of drug-likeness (QED) is 0.740. The van der Waals surface area contributed by atoms with Gasteiger partial charge in [0.1, 0.15) is 11.3 Å². The molecule has 26 heavy (non-hydrogen) atoms. The maximum atomic E-state index is 12.8. The molecule has 0 aliphatic rings. The third-order valence-electron chi connectivity index (χ3n) is 4.29. The Labute approximate surface area is 151 Å². The van der Waals surface area contributed by atoms with E-state index < -0.39 is 5.91 Å². The van der Waals surface area contributed by atoms with Crippen LogP contribution in [0.4, 0.5) is 0 Å². The van der Waals surface area contributed by atoms with Crippen molar-refractivity contribution in [3.63, 3.8) is 0 Å². The van der Waals surface area contributed by atoms with E-state index in [1.807, 2.05) is 32.0 Å². The molecule has 2 heterocycles. The Kier molecular flexibility index (Phi) is 5.02. The first kappa shape index (κ1) is 17.7. The van der Waals surface area contributed by atoms with Crippen molar-refractivity contribution in [1.29, 1.82) is 0 Å². The molecule has 6 heteroatoms. The van der Waals surface area contributed by atoms with Gasteiger partial charge in [-0.1, -0.05) is 19.9 Å². The van der Waals surface area contributed by atoms with Gasteiger partial charge in [-0.15, -0.1) is 0 Å². The fourth-order valence-electron chi connectivity index (χ4n) is 2.85. The molecule has 134 valence electrons. The first-order valence-electron chi connectivity index (χ1n) is 8.42. The number of hydrogen-bond donors (Lipinski definition) is 2. The van der Waals surface area contributed by atoms with E-state index in [1.165, 1.54) is 13.3 Å². The van der Waals surface area contributed by atoms with E-state index in [4.69, 9.17) is 4.74 Å². The lowest BCUT2D eigenvalue weighted by Gasteiger charge is -2.21.